The zero-order chi connectivity index (χ0) is 15.2. The third kappa shape index (κ3) is 4.04. The lowest BCUT2D eigenvalue weighted by Gasteiger charge is -2.08. The van der Waals surface area contributed by atoms with Crippen LogP contribution in [0.3, 0.4) is 0 Å². The molecule has 21 heavy (non-hydrogen) atoms. The second-order valence-electron chi connectivity index (χ2n) is 4.40. The van der Waals surface area contributed by atoms with Crippen molar-refractivity contribution in [1.29, 1.82) is 0 Å². The average Bonchev–Trinajstić information content (AvgIpc) is 2.48. The van der Waals surface area contributed by atoms with Gasteiger partial charge in [-0.05, 0) is 24.1 Å². The number of hydrogen-bond donors (Lipinski definition) is 3. The number of nitrogens with zero attached hydrogens (tertiary/aromatic N) is 1. The van der Waals surface area contributed by atoms with E-state index in [-0.39, 0.29) is 11.4 Å². The van der Waals surface area contributed by atoms with E-state index < -0.39 is 11.9 Å². The largest absolute Gasteiger partial charge is 0.477 e. The first kappa shape index (κ1) is 14.5. The van der Waals surface area contributed by atoms with Gasteiger partial charge >= 0.3 is 11.9 Å². The van der Waals surface area contributed by atoms with Gasteiger partial charge in [0.2, 0.25) is 0 Å². The Hall–Kier alpha value is -2.89. The first-order chi connectivity index (χ1) is 10.1. The van der Waals surface area contributed by atoms with Gasteiger partial charge < -0.3 is 15.5 Å². The zero-order valence-corrected chi connectivity index (χ0v) is 11.1. The third-order valence-electron chi connectivity index (χ3n) is 2.85. The summed E-state index contributed by atoms with van der Waals surface area (Å²) in [6.07, 6.45) is 0.744. The van der Waals surface area contributed by atoms with E-state index in [2.05, 4.69) is 10.3 Å². The SMILES string of the molecule is O=C(O)c1cc(NCCc2ccccc2)cc(C(=O)O)n1. The van der Waals surface area contributed by atoms with E-state index in [0.717, 1.165) is 12.0 Å². The molecule has 0 aliphatic carbocycles. The van der Waals surface area contributed by atoms with Crippen molar-refractivity contribution in [3.05, 3.63) is 59.4 Å². The van der Waals surface area contributed by atoms with E-state index in [0.29, 0.717) is 12.2 Å². The molecule has 0 spiro atoms. The minimum atomic E-state index is -1.26. The number of rotatable bonds is 6. The summed E-state index contributed by atoms with van der Waals surface area (Å²) in [6.45, 7) is 0.562. The highest BCUT2D eigenvalue weighted by Gasteiger charge is 2.13. The van der Waals surface area contributed by atoms with Gasteiger partial charge in [-0.3, -0.25) is 0 Å². The molecule has 0 amide bonds. The Balaban J connectivity index is 2.08. The molecule has 0 fully saturated rings. The summed E-state index contributed by atoms with van der Waals surface area (Å²) in [5.74, 6) is -2.52. The number of carboxylic acids is 2. The van der Waals surface area contributed by atoms with Crippen LogP contribution in [0, 0.1) is 0 Å². The molecule has 0 aliphatic heterocycles. The molecule has 0 saturated carbocycles. The molecule has 0 radical (unpaired) electrons. The Bertz CT molecular complexity index is 624. The van der Waals surface area contributed by atoms with Crippen molar-refractivity contribution in [1.82, 2.24) is 4.98 Å². The number of hydrogen-bond acceptors (Lipinski definition) is 4. The smallest absolute Gasteiger partial charge is 0.354 e. The maximum atomic E-state index is 10.9. The molecule has 0 aliphatic rings. The summed E-state index contributed by atoms with van der Waals surface area (Å²) in [6, 6.07) is 12.4. The lowest BCUT2D eigenvalue weighted by Crippen LogP contribution is -2.11. The molecule has 0 atom stereocenters. The molecule has 0 saturated heterocycles. The maximum Gasteiger partial charge on any atom is 0.354 e. The highest BCUT2D eigenvalue weighted by atomic mass is 16.4. The summed E-state index contributed by atoms with van der Waals surface area (Å²) < 4.78 is 0. The molecule has 6 heteroatoms. The molecule has 2 aromatic rings. The van der Waals surface area contributed by atoms with Crippen LogP contribution in [0.25, 0.3) is 0 Å². The van der Waals surface area contributed by atoms with Crippen LogP contribution in [0.5, 0.6) is 0 Å². The molecule has 1 heterocycles. The second-order valence-corrected chi connectivity index (χ2v) is 4.40. The van der Waals surface area contributed by atoms with E-state index in [1.807, 2.05) is 30.3 Å². The topological polar surface area (TPSA) is 99.5 Å². The summed E-state index contributed by atoms with van der Waals surface area (Å²) in [5, 5.41) is 20.9. The molecule has 3 N–H and O–H groups in total. The van der Waals surface area contributed by atoms with E-state index in [9.17, 15) is 9.59 Å². The first-order valence-corrected chi connectivity index (χ1v) is 6.33. The molecular formula is C15H14N2O4. The highest BCUT2D eigenvalue weighted by Crippen LogP contribution is 2.12. The normalized spacial score (nSPS) is 10.1. The molecular weight excluding hydrogens is 272 g/mol. The predicted molar refractivity (Wildman–Crippen MR) is 76.8 cm³/mol. The van der Waals surface area contributed by atoms with E-state index in [1.54, 1.807) is 0 Å². The average molecular weight is 286 g/mol. The van der Waals surface area contributed by atoms with E-state index in [4.69, 9.17) is 10.2 Å². The Kier molecular flexibility index (Phi) is 4.50. The van der Waals surface area contributed by atoms with Gasteiger partial charge in [-0.1, -0.05) is 30.3 Å². The van der Waals surface area contributed by atoms with Crippen LogP contribution in [-0.2, 0) is 6.42 Å². The number of carbonyl (C=O) groups is 2. The summed E-state index contributed by atoms with van der Waals surface area (Å²) >= 11 is 0. The quantitative estimate of drug-likeness (QED) is 0.752. The molecule has 108 valence electrons. The zero-order valence-electron chi connectivity index (χ0n) is 11.1. The van der Waals surface area contributed by atoms with Crippen LogP contribution in [-0.4, -0.2) is 33.7 Å². The second kappa shape index (κ2) is 6.51. The predicted octanol–water partition coefficient (Wildman–Crippen LogP) is 2.13. The van der Waals surface area contributed by atoms with Crippen LogP contribution >= 0.6 is 0 Å². The first-order valence-electron chi connectivity index (χ1n) is 6.33. The fourth-order valence-corrected chi connectivity index (χ4v) is 1.85. The number of aromatic nitrogens is 1. The molecule has 0 bridgehead atoms. The highest BCUT2D eigenvalue weighted by molar-refractivity contribution is 5.91. The number of pyridine rings is 1. The van der Waals surface area contributed by atoms with Crippen molar-refractivity contribution >= 4 is 17.6 Å². The Labute approximate surface area is 121 Å². The van der Waals surface area contributed by atoms with Crippen molar-refractivity contribution in [2.24, 2.45) is 0 Å². The van der Waals surface area contributed by atoms with Crippen molar-refractivity contribution in [2.75, 3.05) is 11.9 Å². The number of nitrogens with one attached hydrogen (secondary N) is 1. The van der Waals surface area contributed by atoms with E-state index >= 15 is 0 Å². The molecule has 1 aromatic heterocycles. The van der Waals surface area contributed by atoms with Gasteiger partial charge in [0.05, 0.1) is 0 Å². The number of anilines is 1. The minimum absolute atomic E-state index is 0.294. The lowest BCUT2D eigenvalue weighted by atomic mass is 10.1. The fourth-order valence-electron chi connectivity index (χ4n) is 1.85. The molecule has 6 nitrogen and oxygen atoms in total. The Morgan fingerprint density at radius 1 is 1.00 bits per heavy atom. The third-order valence-corrected chi connectivity index (χ3v) is 2.85. The molecule has 2 rings (SSSR count). The van der Waals surface area contributed by atoms with Crippen LogP contribution in [0.15, 0.2) is 42.5 Å². The number of carboxylic acid groups (broad SMARTS) is 2. The minimum Gasteiger partial charge on any atom is -0.477 e. The van der Waals surface area contributed by atoms with Gasteiger partial charge in [-0.25, -0.2) is 14.6 Å². The van der Waals surface area contributed by atoms with Crippen LogP contribution in [0.1, 0.15) is 26.5 Å². The van der Waals surface area contributed by atoms with Gasteiger partial charge in [0.15, 0.2) is 11.4 Å². The van der Waals surface area contributed by atoms with Crippen molar-refractivity contribution in [3.8, 4) is 0 Å². The molecule has 1 aromatic carbocycles. The van der Waals surface area contributed by atoms with Crippen LogP contribution in [0.4, 0.5) is 5.69 Å². The van der Waals surface area contributed by atoms with Crippen molar-refractivity contribution in [3.63, 3.8) is 0 Å². The van der Waals surface area contributed by atoms with E-state index in [1.165, 1.54) is 12.1 Å². The van der Waals surface area contributed by atoms with Gasteiger partial charge in [0.1, 0.15) is 0 Å². The molecule has 0 unspecified atom stereocenters. The lowest BCUT2D eigenvalue weighted by molar-refractivity contribution is 0.0685. The Morgan fingerprint density at radius 2 is 1.57 bits per heavy atom. The monoisotopic (exact) mass is 286 g/mol. The summed E-state index contributed by atoms with van der Waals surface area (Å²) in [4.78, 5) is 25.4. The van der Waals surface area contributed by atoms with Gasteiger partial charge in [0.25, 0.3) is 0 Å². The van der Waals surface area contributed by atoms with Crippen LogP contribution in [0.2, 0.25) is 0 Å². The maximum absolute atomic E-state index is 10.9. The Morgan fingerprint density at radius 3 is 2.10 bits per heavy atom. The number of aromatic carboxylic acids is 2. The standard InChI is InChI=1S/C15H14N2O4/c18-14(19)12-8-11(9-13(17-12)15(20)21)16-7-6-10-4-2-1-3-5-10/h1-5,8-9H,6-7H2,(H,16,17)(H,18,19)(H,20,21). The number of benzene rings is 1. The van der Waals surface area contributed by atoms with Gasteiger partial charge in [0, 0.05) is 12.2 Å². The van der Waals surface area contributed by atoms with Crippen molar-refractivity contribution < 1.29 is 19.8 Å². The van der Waals surface area contributed by atoms with Gasteiger partial charge in [-0.2, -0.15) is 0 Å². The van der Waals surface area contributed by atoms with Crippen LogP contribution < -0.4 is 5.32 Å². The summed E-state index contributed by atoms with van der Waals surface area (Å²) in [5.41, 5.74) is 0.973. The van der Waals surface area contributed by atoms with Gasteiger partial charge in [-0.15, -0.1) is 0 Å². The fraction of sp³-hybridized carbons (Fsp3) is 0.133. The summed E-state index contributed by atoms with van der Waals surface area (Å²) in [7, 11) is 0. The van der Waals surface area contributed by atoms with Crippen molar-refractivity contribution in [2.45, 2.75) is 6.42 Å².